The molecule has 10 rings (SSSR count). The van der Waals surface area contributed by atoms with Crippen LogP contribution in [-0.2, 0) is 6.54 Å². The zero-order valence-corrected chi connectivity index (χ0v) is 38.1. The van der Waals surface area contributed by atoms with Crippen LogP contribution in [0.5, 0.6) is 0 Å². The number of nitrogens with zero attached hydrogens (tertiary/aromatic N) is 8. The van der Waals surface area contributed by atoms with Gasteiger partial charge in [-0.1, -0.05) is 100 Å². The number of aromatic nitrogens is 8. The Morgan fingerprint density at radius 3 is 1.61 bits per heavy atom. The average Bonchev–Trinajstić information content (AvgIpc) is 4.13. The molecule has 0 aliphatic heterocycles. The van der Waals surface area contributed by atoms with Gasteiger partial charge in [0.05, 0.1) is 45.8 Å². The number of carbonyl (C=O) groups is 2. The number of rotatable bonds is 13. The third-order valence-corrected chi connectivity index (χ3v) is 11.2. The maximum Gasteiger partial charge on any atom is 0.273 e. The summed E-state index contributed by atoms with van der Waals surface area (Å²) in [6.07, 6.45) is 5.36. The molecule has 0 saturated carbocycles. The fraction of sp³-hybridized carbons (Fsp3) is 0.189. The van der Waals surface area contributed by atoms with Gasteiger partial charge in [0.15, 0.2) is 22.9 Å². The summed E-state index contributed by atoms with van der Waals surface area (Å²) in [5.41, 5.74) is 11.6. The lowest BCUT2D eigenvalue weighted by Crippen LogP contribution is -2.17. The van der Waals surface area contributed by atoms with Gasteiger partial charge < -0.3 is 21.3 Å². The molecule has 2 amide bonds. The third kappa shape index (κ3) is 9.41. The van der Waals surface area contributed by atoms with Crippen LogP contribution >= 0.6 is 0 Å². The van der Waals surface area contributed by atoms with Gasteiger partial charge in [-0.3, -0.25) is 23.1 Å². The summed E-state index contributed by atoms with van der Waals surface area (Å²) in [6.45, 7) is 12.8. The minimum atomic E-state index is -0.266. The number of nitrogens with one attached hydrogen (secondary N) is 4. The summed E-state index contributed by atoms with van der Waals surface area (Å²) < 4.78 is 5.92. The summed E-state index contributed by atoms with van der Waals surface area (Å²) in [7, 11) is 0. The maximum atomic E-state index is 13.1. The Balaban J connectivity index is 0.000000197. The first kappa shape index (κ1) is 43.8. The molecule has 0 atom stereocenters. The van der Waals surface area contributed by atoms with Gasteiger partial charge in [-0.15, -0.1) is 0 Å². The molecule has 336 valence electrons. The second-order valence-corrected chi connectivity index (χ2v) is 17.0. The van der Waals surface area contributed by atoms with Crippen molar-refractivity contribution in [2.24, 2.45) is 11.8 Å². The Bertz CT molecular complexity index is 3350. The van der Waals surface area contributed by atoms with Crippen molar-refractivity contribution in [3.8, 4) is 22.5 Å². The molecular formula is C53H52N12O2. The largest absolute Gasteiger partial charge is 0.367 e. The zero-order valence-electron chi connectivity index (χ0n) is 38.1. The van der Waals surface area contributed by atoms with Crippen molar-refractivity contribution in [2.45, 2.75) is 41.2 Å². The molecule has 0 radical (unpaired) electrons. The van der Waals surface area contributed by atoms with Gasteiger partial charge in [-0.05, 0) is 79.4 Å². The number of amides is 2. The fourth-order valence-electron chi connectivity index (χ4n) is 7.86. The van der Waals surface area contributed by atoms with Crippen LogP contribution in [0.3, 0.4) is 0 Å². The SMILES string of the molecule is CC(C)CNc1nc2ccccc2n2c(-c3ccccc3)cnc12.CCn1nccc1C(=O)Nc1cccc(NC(=O)c2ccc(-c3cnc4c(NCC(C)C)nc5ccccc5n34)cc2)c1. The van der Waals surface area contributed by atoms with Crippen LogP contribution in [0.2, 0.25) is 0 Å². The molecule has 0 bridgehead atoms. The maximum absolute atomic E-state index is 13.1. The molecule has 5 aromatic heterocycles. The number of benzene rings is 5. The molecule has 0 aliphatic carbocycles. The van der Waals surface area contributed by atoms with E-state index in [4.69, 9.17) is 15.0 Å². The van der Waals surface area contributed by atoms with E-state index in [1.54, 1.807) is 53.3 Å². The van der Waals surface area contributed by atoms with Crippen LogP contribution in [0.15, 0.2) is 152 Å². The van der Waals surface area contributed by atoms with Crippen LogP contribution in [0.25, 0.3) is 55.9 Å². The number of imidazole rings is 2. The van der Waals surface area contributed by atoms with Crippen LogP contribution in [0.1, 0.15) is 55.5 Å². The van der Waals surface area contributed by atoms with E-state index in [2.05, 4.69) is 98.2 Å². The summed E-state index contributed by atoms with van der Waals surface area (Å²) in [4.78, 5) is 44.8. The molecule has 5 heterocycles. The van der Waals surface area contributed by atoms with E-state index in [1.165, 1.54) is 0 Å². The number of hydrogen-bond donors (Lipinski definition) is 4. The lowest BCUT2D eigenvalue weighted by atomic mass is 10.1. The molecule has 5 aromatic carbocycles. The van der Waals surface area contributed by atoms with Gasteiger partial charge >= 0.3 is 0 Å². The van der Waals surface area contributed by atoms with Crippen molar-refractivity contribution in [2.75, 3.05) is 34.4 Å². The number of hydrogen-bond acceptors (Lipinski definition) is 9. The highest BCUT2D eigenvalue weighted by Gasteiger charge is 2.18. The predicted molar refractivity (Wildman–Crippen MR) is 269 cm³/mol. The van der Waals surface area contributed by atoms with Gasteiger partial charge in [-0.2, -0.15) is 5.10 Å². The van der Waals surface area contributed by atoms with Gasteiger partial charge in [-0.25, -0.2) is 19.9 Å². The van der Waals surface area contributed by atoms with E-state index in [9.17, 15) is 9.59 Å². The highest BCUT2D eigenvalue weighted by molar-refractivity contribution is 6.06. The van der Waals surface area contributed by atoms with E-state index in [0.717, 1.165) is 80.6 Å². The first-order valence-corrected chi connectivity index (χ1v) is 22.6. The Labute approximate surface area is 388 Å². The van der Waals surface area contributed by atoms with E-state index in [-0.39, 0.29) is 11.8 Å². The molecule has 0 fully saturated rings. The van der Waals surface area contributed by atoms with E-state index < -0.39 is 0 Å². The van der Waals surface area contributed by atoms with Crippen molar-refractivity contribution in [3.05, 3.63) is 163 Å². The first-order chi connectivity index (χ1) is 32.6. The monoisotopic (exact) mass is 888 g/mol. The predicted octanol–water partition coefficient (Wildman–Crippen LogP) is 11.0. The van der Waals surface area contributed by atoms with Crippen LogP contribution in [-0.4, -0.2) is 63.4 Å². The zero-order chi connectivity index (χ0) is 46.4. The second-order valence-electron chi connectivity index (χ2n) is 17.0. The van der Waals surface area contributed by atoms with Crippen molar-refractivity contribution < 1.29 is 9.59 Å². The van der Waals surface area contributed by atoms with E-state index in [1.807, 2.05) is 80.0 Å². The fourth-order valence-corrected chi connectivity index (χ4v) is 7.86. The smallest absolute Gasteiger partial charge is 0.273 e. The number of fused-ring (bicyclic) bond motifs is 6. The quantitative estimate of drug-likeness (QED) is 0.0883. The van der Waals surface area contributed by atoms with Crippen molar-refractivity contribution in [3.63, 3.8) is 0 Å². The summed E-state index contributed by atoms with van der Waals surface area (Å²) >= 11 is 0. The molecule has 0 aliphatic rings. The minimum Gasteiger partial charge on any atom is -0.367 e. The van der Waals surface area contributed by atoms with Gasteiger partial charge in [0.2, 0.25) is 0 Å². The van der Waals surface area contributed by atoms with Crippen LogP contribution in [0.4, 0.5) is 23.0 Å². The number of para-hydroxylation sites is 4. The summed E-state index contributed by atoms with van der Waals surface area (Å²) in [6, 6.07) is 42.7. The number of carbonyl (C=O) groups excluding carboxylic acids is 2. The van der Waals surface area contributed by atoms with Crippen LogP contribution < -0.4 is 21.3 Å². The highest BCUT2D eigenvalue weighted by atomic mass is 16.2. The standard InChI is InChI=1S/C33H32N8O2.C20H20N4/c1-4-40-28(16-17-36-40)33(43)38-25-9-7-8-24(18-25)37-32(42)23-14-12-22(13-15-23)29-20-35-31-30(34-19-21(2)3)39-26-10-5-6-11-27(26)41(29)31;1-14(2)12-21-19-20-22-13-18(15-8-4-3-5-9-15)24(20)17-11-7-6-10-16(17)23-19/h5-18,20-21H,4,19H2,1-3H3,(H,34,39)(H,37,42)(H,38,43);3-11,13-14H,12H2,1-2H3,(H,21,23). The lowest BCUT2D eigenvalue weighted by molar-refractivity contribution is 0.101. The Morgan fingerprint density at radius 1 is 0.567 bits per heavy atom. The summed E-state index contributed by atoms with van der Waals surface area (Å²) in [5.74, 6) is 2.05. The van der Waals surface area contributed by atoms with Gasteiger partial charge in [0, 0.05) is 53.9 Å². The molecule has 0 saturated heterocycles. The van der Waals surface area contributed by atoms with Crippen LogP contribution in [0, 0.1) is 11.8 Å². The lowest BCUT2D eigenvalue weighted by Gasteiger charge is -2.13. The number of anilines is 4. The Kier molecular flexibility index (Phi) is 12.7. The summed E-state index contributed by atoms with van der Waals surface area (Å²) in [5, 5.41) is 16.8. The van der Waals surface area contributed by atoms with Crippen molar-refractivity contribution in [1.82, 2.24) is 38.5 Å². The molecule has 0 unspecified atom stereocenters. The topological polar surface area (TPSA) is 160 Å². The molecule has 10 aromatic rings. The van der Waals surface area contributed by atoms with Gasteiger partial charge in [0.25, 0.3) is 11.8 Å². The second kappa shape index (κ2) is 19.4. The van der Waals surface area contributed by atoms with E-state index in [0.29, 0.717) is 41.0 Å². The van der Waals surface area contributed by atoms with Crippen molar-refractivity contribution >= 4 is 68.2 Å². The third-order valence-electron chi connectivity index (χ3n) is 11.2. The van der Waals surface area contributed by atoms with Gasteiger partial charge in [0.1, 0.15) is 5.69 Å². The molecule has 0 spiro atoms. The normalized spacial score (nSPS) is 11.3. The molecule has 67 heavy (non-hydrogen) atoms. The average molecular weight is 889 g/mol. The Hall–Kier alpha value is -8.39. The number of aryl methyl sites for hydroxylation is 1. The highest BCUT2D eigenvalue weighted by Crippen LogP contribution is 2.31. The first-order valence-electron chi connectivity index (χ1n) is 22.6. The molecule has 14 heteroatoms. The molecular weight excluding hydrogens is 837 g/mol. The minimum absolute atomic E-state index is 0.257. The molecule has 14 nitrogen and oxygen atoms in total. The van der Waals surface area contributed by atoms with E-state index >= 15 is 0 Å². The Morgan fingerprint density at radius 2 is 1.07 bits per heavy atom. The molecule has 4 N–H and O–H groups in total. The van der Waals surface area contributed by atoms with Crippen molar-refractivity contribution in [1.29, 1.82) is 0 Å².